The summed E-state index contributed by atoms with van der Waals surface area (Å²) in [6.07, 6.45) is 4.75. The molecule has 0 saturated heterocycles. The fraction of sp³-hybridized carbons (Fsp3) is 0.312. The highest BCUT2D eigenvalue weighted by Crippen LogP contribution is 2.49. The van der Waals surface area contributed by atoms with E-state index in [1.807, 2.05) is 13.8 Å². The monoisotopic (exact) mass is 420 g/mol. The SMILES string of the molecule is CC.CC1=CC(c2cc(C)cc(-c3ccc4c(c3)C(C)(C)c3ccccc3-4)c2)=C(C)CC1. The Morgan fingerprint density at radius 3 is 2.12 bits per heavy atom. The molecule has 0 bridgehead atoms. The fourth-order valence-corrected chi connectivity index (χ4v) is 5.28. The standard InChI is InChI=1S/C30H30.C2H6/c1-19-10-11-21(3)27(16-19)24-15-20(2)14-23(17-24)22-12-13-26-25-8-6-7-9-28(25)30(4,5)29(26)18-22;1-2/h6-9,12-18H,10-11H2,1-5H3;1-2H3. The number of hydrogen-bond acceptors (Lipinski definition) is 0. The highest BCUT2D eigenvalue weighted by atomic mass is 14.4. The third kappa shape index (κ3) is 3.77. The highest BCUT2D eigenvalue weighted by molar-refractivity contribution is 5.85. The van der Waals surface area contributed by atoms with Gasteiger partial charge in [-0.05, 0) is 95.8 Å². The van der Waals surface area contributed by atoms with Crippen LogP contribution in [0, 0.1) is 6.92 Å². The first-order valence-electron chi connectivity index (χ1n) is 12.1. The number of benzene rings is 3. The van der Waals surface area contributed by atoms with Gasteiger partial charge in [0.05, 0.1) is 0 Å². The largest absolute Gasteiger partial charge is 0.0724 e. The minimum atomic E-state index is 0.0386. The van der Waals surface area contributed by atoms with Crippen LogP contribution in [0.15, 0.2) is 77.9 Å². The van der Waals surface area contributed by atoms with Gasteiger partial charge in [0.1, 0.15) is 0 Å². The van der Waals surface area contributed by atoms with Crippen LogP contribution in [0.1, 0.15) is 76.6 Å². The third-order valence-corrected chi connectivity index (χ3v) is 7.05. The van der Waals surface area contributed by atoms with Crippen molar-refractivity contribution in [3.63, 3.8) is 0 Å². The van der Waals surface area contributed by atoms with Crippen LogP contribution in [0.4, 0.5) is 0 Å². The van der Waals surface area contributed by atoms with Gasteiger partial charge < -0.3 is 0 Å². The van der Waals surface area contributed by atoms with Crippen LogP contribution in [0.2, 0.25) is 0 Å². The summed E-state index contributed by atoms with van der Waals surface area (Å²) in [6.45, 7) is 15.5. The number of aryl methyl sites for hydroxylation is 1. The number of fused-ring (bicyclic) bond motifs is 3. The minimum absolute atomic E-state index is 0.0386. The van der Waals surface area contributed by atoms with Gasteiger partial charge in [-0.3, -0.25) is 0 Å². The van der Waals surface area contributed by atoms with E-state index < -0.39 is 0 Å². The molecule has 32 heavy (non-hydrogen) atoms. The molecule has 0 spiro atoms. The lowest BCUT2D eigenvalue weighted by Crippen LogP contribution is -2.14. The summed E-state index contributed by atoms with van der Waals surface area (Å²) in [5.74, 6) is 0. The molecular formula is C32H36. The summed E-state index contributed by atoms with van der Waals surface area (Å²) in [5.41, 5.74) is 15.4. The van der Waals surface area contributed by atoms with Gasteiger partial charge in [0.25, 0.3) is 0 Å². The molecule has 2 aliphatic rings. The molecule has 164 valence electrons. The first kappa shape index (κ1) is 22.3. The lowest BCUT2D eigenvalue weighted by molar-refractivity contribution is 0.660. The van der Waals surface area contributed by atoms with E-state index in [4.69, 9.17) is 0 Å². The van der Waals surface area contributed by atoms with Crippen molar-refractivity contribution in [2.45, 2.75) is 66.7 Å². The molecule has 0 atom stereocenters. The summed E-state index contributed by atoms with van der Waals surface area (Å²) in [7, 11) is 0. The average Bonchev–Trinajstić information content (AvgIpc) is 3.03. The molecule has 0 aliphatic heterocycles. The molecule has 0 heterocycles. The van der Waals surface area contributed by atoms with Gasteiger partial charge in [0, 0.05) is 5.41 Å². The van der Waals surface area contributed by atoms with Crippen molar-refractivity contribution in [1.29, 1.82) is 0 Å². The van der Waals surface area contributed by atoms with Crippen molar-refractivity contribution in [3.05, 3.63) is 100 Å². The number of allylic oxidation sites excluding steroid dienone is 4. The third-order valence-electron chi connectivity index (χ3n) is 7.05. The minimum Gasteiger partial charge on any atom is -0.0724 e. The van der Waals surface area contributed by atoms with E-state index >= 15 is 0 Å². The fourth-order valence-electron chi connectivity index (χ4n) is 5.28. The van der Waals surface area contributed by atoms with Crippen LogP contribution >= 0.6 is 0 Å². The highest BCUT2D eigenvalue weighted by Gasteiger charge is 2.35. The molecule has 0 heteroatoms. The molecular weight excluding hydrogens is 384 g/mol. The van der Waals surface area contributed by atoms with E-state index in [1.165, 1.54) is 74.1 Å². The molecule has 0 saturated carbocycles. The number of rotatable bonds is 2. The van der Waals surface area contributed by atoms with E-state index in [0.29, 0.717) is 0 Å². The van der Waals surface area contributed by atoms with Crippen LogP contribution in [-0.4, -0.2) is 0 Å². The Labute approximate surface area is 194 Å². The first-order chi connectivity index (χ1) is 15.3. The van der Waals surface area contributed by atoms with Crippen molar-refractivity contribution in [3.8, 4) is 22.3 Å². The van der Waals surface area contributed by atoms with Gasteiger partial charge in [0.15, 0.2) is 0 Å². The van der Waals surface area contributed by atoms with Crippen LogP contribution < -0.4 is 0 Å². The molecule has 0 N–H and O–H groups in total. The topological polar surface area (TPSA) is 0 Å². The van der Waals surface area contributed by atoms with Crippen LogP contribution in [0.3, 0.4) is 0 Å². The van der Waals surface area contributed by atoms with Gasteiger partial charge in [-0.15, -0.1) is 0 Å². The Kier molecular flexibility index (Phi) is 5.99. The summed E-state index contributed by atoms with van der Waals surface area (Å²) in [6, 6.07) is 23.0. The molecule has 0 amide bonds. The Morgan fingerprint density at radius 2 is 1.34 bits per heavy atom. The first-order valence-corrected chi connectivity index (χ1v) is 12.1. The molecule has 5 rings (SSSR count). The predicted molar refractivity (Wildman–Crippen MR) is 141 cm³/mol. The van der Waals surface area contributed by atoms with Gasteiger partial charge in [-0.25, -0.2) is 0 Å². The normalized spacial score (nSPS) is 16.0. The zero-order valence-corrected chi connectivity index (χ0v) is 20.8. The molecule has 0 aromatic heterocycles. The summed E-state index contributed by atoms with van der Waals surface area (Å²) in [5, 5.41) is 0. The molecule has 0 nitrogen and oxygen atoms in total. The van der Waals surface area contributed by atoms with Crippen molar-refractivity contribution >= 4 is 5.57 Å². The number of hydrogen-bond donors (Lipinski definition) is 0. The van der Waals surface area contributed by atoms with Crippen molar-refractivity contribution in [2.75, 3.05) is 0 Å². The van der Waals surface area contributed by atoms with Gasteiger partial charge in [-0.1, -0.05) is 93.4 Å². The molecule has 3 aromatic carbocycles. The maximum atomic E-state index is 2.43. The second-order valence-corrected chi connectivity index (χ2v) is 9.70. The zero-order valence-electron chi connectivity index (χ0n) is 20.8. The van der Waals surface area contributed by atoms with E-state index in [-0.39, 0.29) is 5.41 Å². The summed E-state index contributed by atoms with van der Waals surface area (Å²) >= 11 is 0. The zero-order chi connectivity index (χ0) is 23.0. The van der Waals surface area contributed by atoms with E-state index in [0.717, 1.165) is 0 Å². The molecule has 0 fully saturated rings. The maximum absolute atomic E-state index is 2.43. The Morgan fingerprint density at radius 1 is 0.656 bits per heavy atom. The van der Waals surface area contributed by atoms with Gasteiger partial charge in [0.2, 0.25) is 0 Å². The average molecular weight is 421 g/mol. The van der Waals surface area contributed by atoms with E-state index in [9.17, 15) is 0 Å². The molecule has 2 aliphatic carbocycles. The van der Waals surface area contributed by atoms with Crippen LogP contribution in [0.25, 0.3) is 27.8 Å². The molecule has 3 aromatic rings. The van der Waals surface area contributed by atoms with Gasteiger partial charge in [-0.2, -0.15) is 0 Å². The van der Waals surface area contributed by atoms with Crippen LogP contribution in [-0.2, 0) is 5.41 Å². The van der Waals surface area contributed by atoms with Gasteiger partial charge >= 0.3 is 0 Å². The molecule has 0 unspecified atom stereocenters. The second-order valence-electron chi connectivity index (χ2n) is 9.70. The lowest BCUT2D eigenvalue weighted by atomic mass is 9.81. The predicted octanol–water partition coefficient (Wildman–Crippen LogP) is 9.51. The van der Waals surface area contributed by atoms with Crippen molar-refractivity contribution in [2.24, 2.45) is 0 Å². The van der Waals surface area contributed by atoms with E-state index in [2.05, 4.69) is 101 Å². The quantitative estimate of drug-likeness (QED) is 0.387. The summed E-state index contributed by atoms with van der Waals surface area (Å²) < 4.78 is 0. The summed E-state index contributed by atoms with van der Waals surface area (Å²) in [4.78, 5) is 0. The second kappa shape index (κ2) is 8.58. The van der Waals surface area contributed by atoms with E-state index in [1.54, 1.807) is 0 Å². The van der Waals surface area contributed by atoms with Crippen molar-refractivity contribution < 1.29 is 0 Å². The Balaban J connectivity index is 0.00000119. The lowest BCUT2D eigenvalue weighted by Gasteiger charge is -2.22. The Hall–Kier alpha value is -2.86. The smallest absolute Gasteiger partial charge is 0.0159 e. The Bertz CT molecular complexity index is 1230. The van der Waals surface area contributed by atoms with Crippen molar-refractivity contribution in [1.82, 2.24) is 0 Å². The van der Waals surface area contributed by atoms with Crippen LogP contribution in [0.5, 0.6) is 0 Å². The maximum Gasteiger partial charge on any atom is 0.0159 e. The molecule has 0 radical (unpaired) electrons.